The summed E-state index contributed by atoms with van der Waals surface area (Å²) in [6.45, 7) is 1.97. The maximum absolute atomic E-state index is 13.0. The first-order chi connectivity index (χ1) is 11.5. The number of halogens is 1. The molecular formula is C19H18FNO3. The van der Waals surface area contributed by atoms with Gasteiger partial charge in [-0.2, -0.15) is 0 Å². The highest BCUT2D eigenvalue weighted by atomic mass is 19.1. The van der Waals surface area contributed by atoms with E-state index in [1.54, 1.807) is 24.3 Å². The lowest BCUT2D eigenvalue weighted by Crippen LogP contribution is -2.26. The van der Waals surface area contributed by atoms with Crippen LogP contribution in [0.15, 0.2) is 54.6 Å². The Morgan fingerprint density at radius 2 is 1.75 bits per heavy atom. The minimum atomic E-state index is -1.03. The third-order valence-corrected chi connectivity index (χ3v) is 4.10. The number of esters is 1. The second-order valence-electron chi connectivity index (χ2n) is 6.04. The van der Waals surface area contributed by atoms with Crippen molar-refractivity contribution in [2.45, 2.75) is 19.4 Å². The van der Waals surface area contributed by atoms with E-state index < -0.39 is 12.0 Å². The molecule has 2 aromatic rings. The van der Waals surface area contributed by atoms with Gasteiger partial charge in [-0.05, 0) is 36.6 Å². The van der Waals surface area contributed by atoms with Crippen LogP contribution in [0.3, 0.4) is 0 Å². The number of amides is 1. The molecule has 1 fully saturated rings. The zero-order chi connectivity index (χ0) is 17.1. The van der Waals surface area contributed by atoms with Crippen LogP contribution >= 0.6 is 0 Å². The highest BCUT2D eigenvalue weighted by Gasteiger charge is 2.42. The van der Waals surface area contributed by atoms with Crippen LogP contribution in [0, 0.1) is 17.7 Å². The molecule has 2 aromatic carbocycles. The molecule has 0 spiro atoms. The van der Waals surface area contributed by atoms with Gasteiger partial charge in [-0.15, -0.1) is 0 Å². The van der Waals surface area contributed by atoms with Crippen molar-refractivity contribution in [1.29, 1.82) is 0 Å². The topological polar surface area (TPSA) is 55.4 Å². The Balaban J connectivity index is 1.76. The number of nitrogens with one attached hydrogen (secondary N) is 1. The van der Waals surface area contributed by atoms with Crippen molar-refractivity contribution in [3.8, 4) is 0 Å². The number of carbonyl (C=O) groups excluding carboxylic acids is 2. The van der Waals surface area contributed by atoms with Crippen molar-refractivity contribution in [3.05, 3.63) is 66.0 Å². The summed E-state index contributed by atoms with van der Waals surface area (Å²) in [4.78, 5) is 24.7. The van der Waals surface area contributed by atoms with Gasteiger partial charge < -0.3 is 10.1 Å². The molecule has 3 atom stereocenters. The molecule has 1 aliphatic rings. The van der Waals surface area contributed by atoms with E-state index in [1.807, 2.05) is 13.0 Å². The molecule has 124 valence electrons. The van der Waals surface area contributed by atoms with Crippen LogP contribution in [0.25, 0.3) is 0 Å². The first kappa shape index (κ1) is 16.2. The van der Waals surface area contributed by atoms with Crippen LogP contribution in [-0.4, -0.2) is 11.9 Å². The predicted molar refractivity (Wildman–Crippen MR) is 87.6 cm³/mol. The fourth-order valence-electron chi connectivity index (χ4n) is 2.50. The largest absolute Gasteiger partial charge is 0.447 e. The van der Waals surface area contributed by atoms with E-state index in [2.05, 4.69) is 5.32 Å². The molecule has 3 rings (SSSR count). The normalized spacial score (nSPS) is 20.1. The van der Waals surface area contributed by atoms with E-state index in [9.17, 15) is 14.0 Å². The summed E-state index contributed by atoms with van der Waals surface area (Å²) in [5, 5.41) is 2.66. The highest BCUT2D eigenvalue weighted by Crippen LogP contribution is 2.39. The number of rotatable bonds is 5. The zero-order valence-corrected chi connectivity index (χ0v) is 13.2. The summed E-state index contributed by atoms with van der Waals surface area (Å²) in [6.07, 6.45) is -0.239. The molecule has 1 aliphatic carbocycles. The lowest BCUT2D eigenvalue weighted by atomic mass is 10.1. The minimum absolute atomic E-state index is 0.130. The predicted octanol–water partition coefficient (Wildman–Crippen LogP) is 3.70. The Morgan fingerprint density at radius 3 is 2.33 bits per heavy atom. The van der Waals surface area contributed by atoms with Gasteiger partial charge in [0.1, 0.15) is 5.82 Å². The van der Waals surface area contributed by atoms with E-state index in [0.29, 0.717) is 17.2 Å². The molecule has 0 heterocycles. The van der Waals surface area contributed by atoms with Gasteiger partial charge in [0, 0.05) is 11.3 Å². The van der Waals surface area contributed by atoms with E-state index in [4.69, 9.17) is 4.74 Å². The quantitative estimate of drug-likeness (QED) is 0.852. The summed E-state index contributed by atoms with van der Waals surface area (Å²) in [6, 6.07) is 14.3. The fraction of sp³-hybridized carbons (Fsp3) is 0.263. The maximum Gasteiger partial charge on any atom is 0.310 e. The Kier molecular flexibility index (Phi) is 4.60. The van der Waals surface area contributed by atoms with E-state index >= 15 is 0 Å². The van der Waals surface area contributed by atoms with Crippen molar-refractivity contribution in [1.82, 2.24) is 0 Å². The average molecular weight is 327 g/mol. The van der Waals surface area contributed by atoms with Crippen molar-refractivity contribution in [2.24, 2.45) is 11.8 Å². The molecule has 0 radical (unpaired) electrons. The molecule has 24 heavy (non-hydrogen) atoms. The Morgan fingerprint density at radius 1 is 1.12 bits per heavy atom. The molecule has 0 saturated heterocycles. The fourth-order valence-corrected chi connectivity index (χ4v) is 2.50. The SMILES string of the molecule is C[C@@H]1C[C@H]1C(=O)O[C@H](C(=O)Nc1ccc(F)cc1)c1ccccc1. The summed E-state index contributed by atoms with van der Waals surface area (Å²) in [5.74, 6) is -1.04. The maximum atomic E-state index is 13.0. The van der Waals surface area contributed by atoms with Crippen LogP contribution in [-0.2, 0) is 14.3 Å². The van der Waals surface area contributed by atoms with Crippen LogP contribution in [0.1, 0.15) is 25.0 Å². The van der Waals surface area contributed by atoms with Crippen LogP contribution < -0.4 is 5.32 Å². The average Bonchev–Trinajstić information content (AvgIpc) is 3.32. The van der Waals surface area contributed by atoms with Crippen molar-refractivity contribution in [3.63, 3.8) is 0 Å². The van der Waals surface area contributed by atoms with E-state index in [0.717, 1.165) is 6.42 Å². The number of anilines is 1. The molecular weight excluding hydrogens is 309 g/mol. The van der Waals surface area contributed by atoms with E-state index in [1.165, 1.54) is 24.3 Å². The second-order valence-corrected chi connectivity index (χ2v) is 6.04. The smallest absolute Gasteiger partial charge is 0.310 e. The number of hydrogen-bond acceptors (Lipinski definition) is 3. The summed E-state index contributed by atoms with van der Waals surface area (Å²) in [7, 11) is 0. The monoisotopic (exact) mass is 327 g/mol. The van der Waals surface area contributed by atoms with Gasteiger partial charge in [-0.1, -0.05) is 37.3 Å². The van der Waals surface area contributed by atoms with Gasteiger partial charge in [0.25, 0.3) is 5.91 Å². The first-order valence-electron chi connectivity index (χ1n) is 7.86. The van der Waals surface area contributed by atoms with Gasteiger partial charge in [-0.25, -0.2) is 4.39 Å². The van der Waals surface area contributed by atoms with Gasteiger partial charge in [-0.3, -0.25) is 9.59 Å². The van der Waals surface area contributed by atoms with Crippen molar-refractivity contribution >= 4 is 17.6 Å². The minimum Gasteiger partial charge on any atom is -0.447 e. The third-order valence-electron chi connectivity index (χ3n) is 4.10. The van der Waals surface area contributed by atoms with Crippen molar-refractivity contribution in [2.75, 3.05) is 5.32 Å². The van der Waals surface area contributed by atoms with Gasteiger partial charge >= 0.3 is 5.97 Å². The number of ether oxygens (including phenoxy) is 1. The van der Waals surface area contributed by atoms with Gasteiger partial charge in [0.2, 0.25) is 6.10 Å². The number of hydrogen-bond donors (Lipinski definition) is 1. The molecule has 0 aromatic heterocycles. The summed E-state index contributed by atoms with van der Waals surface area (Å²) < 4.78 is 18.4. The van der Waals surface area contributed by atoms with Gasteiger partial charge in [0.05, 0.1) is 5.92 Å². The summed E-state index contributed by atoms with van der Waals surface area (Å²) >= 11 is 0. The van der Waals surface area contributed by atoms with Crippen LogP contribution in [0.5, 0.6) is 0 Å². The molecule has 1 N–H and O–H groups in total. The summed E-state index contributed by atoms with van der Waals surface area (Å²) in [5.41, 5.74) is 1.04. The lowest BCUT2D eigenvalue weighted by Gasteiger charge is -2.18. The molecule has 1 amide bonds. The Labute approximate surface area is 139 Å². The Bertz CT molecular complexity index is 730. The van der Waals surface area contributed by atoms with Crippen molar-refractivity contribution < 1.29 is 18.7 Å². The second kappa shape index (κ2) is 6.83. The highest BCUT2D eigenvalue weighted by molar-refractivity contribution is 5.96. The number of carbonyl (C=O) groups is 2. The molecule has 5 heteroatoms. The Hall–Kier alpha value is -2.69. The van der Waals surface area contributed by atoms with Gasteiger partial charge in [0.15, 0.2) is 0 Å². The van der Waals surface area contributed by atoms with E-state index in [-0.39, 0.29) is 17.7 Å². The molecule has 0 aliphatic heterocycles. The van der Waals surface area contributed by atoms with Crippen LogP contribution in [0.2, 0.25) is 0 Å². The van der Waals surface area contributed by atoms with Crippen LogP contribution in [0.4, 0.5) is 10.1 Å². The molecule has 0 unspecified atom stereocenters. The first-order valence-corrected chi connectivity index (χ1v) is 7.86. The molecule has 0 bridgehead atoms. The molecule has 4 nitrogen and oxygen atoms in total. The lowest BCUT2D eigenvalue weighted by molar-refractivity contribution is -0.156. The third kappa shape index (κ3) is 3.79. The molecule has 1 saturated carbocycles. The zero-order valence-electron chi connectivity index (χ0n) is 13.2. The standard InChI is InChI=1S/C19H18FNO3/c1-12-11-16(12)19(23)24-17(13-5-3-2-4-6-13)18(22)21-15-9-7-14(20)8-10-15/h2-10,12,16-17H,11H2,1H3,(H,21,22)/t12-,16-,17+/m1/s1. The number of benzene rings is 2.